The van der Waals surface area contributed by atoms with Crippen LogP contribution >= 0.6 is 0 Å². The summed E-state index contributed by atoms with van der Waals surface area (Å²) >= 11 is 0. The van der Waals surface area contributed by atoms with Crippen LogP contribution in [0.2, 0.25) is 0 Å². The number of aliphatic hydroxyl groups is 2. The van der Waals surface area contributed by atoms with Crippen molar-refractivity contribution in [3.05, 3.63) is 23.5 Å². The van der Waals surface area contributed by atoms with Gasteiger partial charge in [-0.25, -0.2) is 0 Å². The minimum Gasteiger partial charge on any atom is -0.396 e. The fourth-order valence-corrected chi connectivity index (χ4v) is 1.70. The number of anilines is 1. The van der Waals surface area contributed by atoms with Gasteiger partial charge in [0.1, 0.15) is 0 Å². The Labute approximate surface area is 96.6 Å². The number of rotatable bonds is 6. The molecular formula is C12H20N2O2. The quantitative estimate of drug-likeness (QED) is 0.759. The Morgan fingerprint density at radius 2 is 2.12 bits per heavy atom. The minimum absolute atomic E-state index is 0.00175. The first kappa shape index (κ1) is 12.9. The van der Waals surface area contributed by atoms with Crippen molar-refractivity contribution in [2.75, 3.05) is 24.6 Å². The lowest BCUT2D eigenvalue weighted by atomic mass is 10.2. The first-order chi connectivity index (χ1) is 7.72. The van der Waals surface area contributed by atoms with E-state index in [2.05, 4.69) is 16.8 Å². The Balaban J connectivity index is 2.92. The predicted octanol–water partition coefficient (Wildman–Crippen LogP) is 1.09. The SMILES string of the molecule is CCN(CCCO)c1cc(C)ncc1CO. The normalized spacial score (nSPS) is 10.5. The van der Waals surface area contributed by atoms with E-state index < -0.39 is 0 Å². The van der Waals surface area contributed by atoms with Gasteiger partial charge in [0.2, 0.25) is 0 Å². The Kier molecular flexibility index (Phi) is 5.22. The molecule has 1 aromatic heterocycles. The van der Waals surface area contributed by atoms with Crippen molar-refractivity contribution in [3.63, 3.8) is 0 Å². The smallest absolute Gasteiger partial charge is 0.0717 e. The molecule has 0 fully saturated rings. The zero-order valence-electron chi connectivity index (χ0n) is 9.98. The molecular weight excluding hydrogens is 204 g/mol. The van der Waals surface area contributed by atoms with Crippen LogP contribution in [0.3, 0.4) is 0 Å². The highest BCUT2D eigenvalue weighted by Crippen LogP contribution is 2.21. The summed E-state index contributed by atoms with van der Waals surface area (Å²) in [6, 6.07) is 1.98. The molecule has 1 heterocycles. The fourth-order valence-electron chi connectivity index (χ4n) is 1.70. The number of pyridine rings is 1. The van der Waals surface area contributed by atoms with Crippen LogP contribution in [-0.4, -0.2) is 34.9 Å². The van der Waals surface area contributed by atoms with Crippen LogP contribution in [0.5, 0.6) is 0 Å². The summed E-state index contributed by atoms with van der Waals surface area (Å²) in [4.78, 5) is 6.32. The summed E-state index contributed by atoms with van der Waals surface area (Å²) in [5.74, 6) is 0. The van der Waals surface area contributed by atoms with Crippen LogP contribution in [0.25, 0.3) is 0 Å². The highest BCUT2D eigenvalue weighted by molar-refractivity contribution is 5.53. The molecule has 16 heavy (non-hydrogen) atoms. The minimum atomic E-state index is -0.00175. The summed E-state index contributed by atoms with van der Waals surface area (Å²) in [6.45, 7) is 5.84. The second kappa shape index (κ2) is 6.45. The largest absolute Gasteiger partial charge is 0.396 e. The van der Waals surface area contributed by atoms with Crippen LogP contribution in [0, 0.1) is 6.92 Å². The lowest BCUT2D eigenvalue weighted by molar-refractivity contribution is 0.280. The maximum absolute atomic E-state index is 9.26. The van der Waals surface area contributed by atoms with Crippen molar-refractivity contribution in [1.29, 1.82) is 0 Å². The summed E-state index contributed by atoms with van der Waals surface area (Å²) in [5.41, 5.74) is 2.80. The Morgan fingerprint density at radius 1 is 1.38 bits per heavy atom. The molecule has 0 aliphatic heterocycles. The van der Waals surface area contributed by atoms with E-state index >= 15 is 0 Å². The number of nitrogens with zero attached hydrogens (tertiary/aromatic N) is 2. The maximum Gasteiger partial charge on any atom is 0.0717 e. The molecule has 4 nitrogen and oxygen atoms in total. The molecule has 2 N–H and O–H groups in total. The molecule has 0 amide bonds. The Morgan fingerprint density at radius 3 is 2.69 bits per heavy atom. The standard InChI is InChI=1S/C12H20N2O2/c1-3-14(5-4-6-15)12-7-10(2)13-8-11(12)9-16/h7-8,15-16H,3-6,9H2,1-2H3. The molecule has 4 heteroatoms. The molecule has 1 rings (SSSR count). The maximum atomic E-state index is 9.26. The topological polar surface area (TPSA) is 56.6 Å². The summed E-state index contributed by atoms with van der Waals surface area (Å²) < 4.78 is 0. The number of hydrogen-bond donors (Lipinski definition) is 2. The summed E-state index contributed by atoms with van der Waals surface area (Å²) in [7, 11) is 0. The van der Waals surface area contributed by atoms with Gasteiger partial charge >= 0.3 is 0 Å². The van der Waals surface area contributed by atoms with Crippen LogP contribution in [-0.2, 0) is 6.61 Å². The monoisotopic (exact) mass is 224 g/mol. The van der Waals surface area contributed by atoms with Gasteiger partial charge in [0.15, 0.2) is 0 Å². The average Bonchev–Trinajstić information content (AvgIpc) is 2.30. The molecule has 0 saturated carbocycles. The zero-order chi connectivity index (χ0) is 12.0. The van der Waals surface area contributed by atoms with Gasteiger partial charge in [-0.3, -0.25) is 4.98 Å². The van der Waals surface area contributed by atoms with Gasteiger partial charge in [-0.05, 0) is 26.3 Å². The molecule has 0 aliphatic rings. The van der Waals surface area contributed by atoms with Gasteiger partial charge < -0.3 is 15.1 Å². The van der Waals surface area contributed by atoms with E-state index in [4.69, 9.17) is 5.11 Å². The van der Waals surface area contributed by atoms with Crippen molar-refractivity contribution >= 4 is 5.69 Å². The molecule has 0 bridgehead atoms. The molecule has 0 unspecified atom stereocenters. The average molecular weight is 224 g/mol. The highest BCUT2D eigenvalue weighted by atomic mass is 16.3. The Hall–Kier alpha value is -1.13. The van der Waals surface area contributed by atoms with Crippen LogP contribution in [0.4, 0.5) is 5.69 Å². The highest BCUT2D eigenvalue weighted by Gasteiger charge is 2.09. The number of aryl methyl sites for hydroxylation is 1. The van der Waals surface area contributed by atoms with Crippen molar-refractivity contribution in [3.8, 4) is 0 Å². The van der Waals surface area contributed by atoms with Gasteiger partial charge in [-0.1, -0.05) is 0 Å². The first-order valence-electron chi connectivity index (χ1n) is 5.65. The van der Waals surface area contributed by atoms with E-state index in [1.165, 1.54) is 0 Å². The predicted molar refractivity (Wildman–Crippen MR) is 64.5 cm³/mol. The number of hydrogen-bond acceptors (Lipinski definition) is 4. The second-order valence-corrected chi connectivity index (χ2v) is 3.77. The van der Waals surface area contributed by atoms with Crippen molar-refractivity contribution < 1.29 is 10.2 Å². The fraction of sp³-hybridized carbons (Fsp3) is 0.583. The second-order valence-electron chi connectivity index (χ2n) is 3.77. The lowest BCUT2D eigenvalue weighted by Gasteiger charge is -2.25. The lowest BCUT2D eigenvalue weighted by Crippen LogP contribution is -2.26. The third-order valence-electron chi connectivity index (χ3n) is 2.58. The van der Waals surface area contributed by atoms with Gasteiger partial charge in [0.05, 0.1) is 6.61 Å². The number of aliphatic hydroxyl groups excluding tert-OH is 2. The third-order valence-corrected chi connectivity index (χ3v) is 2.58. The van der Waals surface area contributed by atoms with Gasteiger partial charge in [-0.2, -0.15) is 0 Å². The zero-order valence-corrected chi connectivity index (χ0v) is 9.98. The van der Waals surface area contributed by atoms with E-state index in [-0.39, 0.29) is 13.2 Å². The Bertz CT molecular complexity index is 329. The van der Waals surface area contributed by atoms with Gasteiger partial charge in [0.25, 0.3) is 0 Å². The van der Waals surface area contributed by atoms with E-state index in [1.807, 2.05) is 13.0 Å². The molecule has 90 valence electrons. The van der Waals surface area contributed by atoms with Gasteiger partial charge in [-0.15, -0.1) is 0 Å². The van der Waals surface area contributed by atoms with Crippen molar-refractivity contribution in [1.82, 2.24) is 4.98 Å². The molecule has 0 atom stereocenters. The van der Waals surface area contributed by atoms with E-state index in [1.54, 1.807) is 6.20 Å². The van der Waals surface area contributed by atoms with E-state index in [0.717, 1.165) is 36.5 Å². The van der Waals surface area contributed by atoms with E-state index in [0.29, 0.717) is 0 Å². The molecule has 0 spiro atoms. The summed E-state index contributed by atoms with van der Waals surface area (Å²) in [6.07, 6.45) is 2.45. The summed E-state index contributed by atoms with van der Waals surface area (Å²) in [5, 5.41) is 18.1. The van der Waals surface area contributed by atoms with Crippen molar-refractivity contribution in [2.24, 2.45) is 0 Å². The molecule has 0 saturated heterocycles. The van der Waals surface area contributed by atoms with Crippen LogP contribution in [0.1, 0.15) is 24.6 Å². The number of aromatic nitrogens is 1. The molecule has 1 aromatic rings. The first-order valence-corrected chi connectivity index (χ1v) is 5.65. The molecule has 0 aromatic carbocycles. The van der Waals surface area contributed by atoms with Gasteiger partial charge in [0, 0.05) is 42.8 Å². The molecule has 0 radical (unpaired) electrons. The van der Waals surface area contributed by atoms with E-state index in [9.17, 15) is 5.11 Å². The molecule has 0 aliphatic carbocycles. The third kappa shape index (κ3) is 3.18. The van der Waals surface area contributed by atoms with Crippen LogP contribution < -0.4 is 4.90 Å². The van der Waals surface area contributed by atoms with Crippen molar-refractivity contribution in [2.45, 2.75) is 26.9 Å². The van der Waals surface area contributed by atoms with Crippen LogP contribution in [0.15, 0.2) is 12.3 Å².